The van der Waals surface area contributed by atoms with Gasteiger partial charge in [0, 0.05) is 29.6 Å². The molecule has 1 N–H and O–H groups in total. The standard InChI is InChI=1S/C21H24N2O3/c1-2-26-19(25)20-10-5-11-21(20)18-15(9-13-23(21)17(24)8-12-20)14-6-3-4-7-16(14)22-18/h3-4,6-7,22H,2,5,8-13H2,1H3/t20-,21+/m0/s1. The molecule has 1 aromatic heterocycles. The van der Waals surface area contributed by atoms with Crippen molar-refractivity contribution in [1.29, 1.82) is 0 Å². The SMILES string of the molecule is CCOC(=O)[C@@]12CCC[C@@]13c1[nH]c4ccccc4c1CCN3C(=O)CC2. The second-order valence-corrected chi connectivity index (χ2v) is 7.84. The predicted molar refractivity (Wildman–Crippen MR) is 97.5 cm³/mol. The number of carbonyl (C=O) groups is 2. The Labute approximate surface area is 152 Å². The zero-order valence-electron chi connectivity index (χ0n) is 15.1. The molecule has 2 aliphatic heterocycles. The van der Waals surface area contributed by atoms with Crippen LogP contribution in [0, 0.1) is 5.41 Å². The summed E-state index contributed by atoms with van der Waals surface area (Å²) in [4.78, 5) is 31.7. The van der Waals surface area contributed by atoms with Crippen LogP contribution in [0.25, 0.3) is 10.9 Å². The van der Waals surface area contributed by atoms with Crippen molar-refractivity contribution in [3.8, 4) is 0 Å². The lowest BCUT2D eigenvalue weighted by atomic mass is 9.61. The van der Waals surface area contributed by atoms with Crippen LogP contribution in [-0.2, 0) is 26.3 Å². The van der Waals surface area contributed by atoms with Crippen molar-refractivity contribution in [3.05, 3.63) is 35.5 Å². The van der Waals surface area contributed by atoms with E-state index in [4.69, 9.17) is 4.74 Å². The Morgan fingerprint density at radius 2 is 2.08 bits per heavy atom. The van der Waals surface area contributed by atoms with Gasteiger partial charge in [-0.05, 0) is 50.7 Å². The van der Waals surface area contributed by atoms with Crippen LogP contribution in [0.15, 0.2) is 24.3 Å². The zero-order valence-corrected chi connectivity index (χ0v) is 15.1. The molecule has 1 amide bonds. The zero-order chi connectivity index (χ0) is 17.9. The van der Waals surface area contributed by atoms with E-state index in [-0.39, 0.29) is 11.9 Å². The summed E-state index contributed by atoms with van der Waals surface area (Å²) in [6, 6.07) is 8.31. The molecule has 136 valence electrons. The molecule has 0 radical (unpaired) electrons. The van der Waals surface area contributed by atoms with Gasteiger partial charge in [-0.1, -0.05) is 18.2 Å². The molecule has 1 aliphatic carbocycles. The van der Waals surface area contributed by atoms with Crippen LogP contribution in [0.4, 0.5) is 0 Å². The number of aromatic amines is 1. The van der Waals surface area contributed by atoms with Crippen molar-refractivity contribution in [1.82, 2.24) is 9.88 Å². The van der Waals surface area contributed by atoms with Gasteiger partial charge in [-0.25, -0.2) is 0 Å². The number of ether oxygens (including phenoxy) is 1. The van der Waals surface area contributed by atoms with Gasteiger partial charge in [0.2, 0.25) is 5.91 Å². The molecule has 26 heavy (non-hydrogen) atoms. The molecule has 0 unspecified atom stereocenters. The van der Waals surface area contributed by atoms with E-state index in [1.165, 1.54) is 10.9 Å². The van der Waals surface area contributed by atoms with Crippen molar-refractivity contribution in [2.75, 3.05) is 13.2 Å². The highest BCUT2D eigenvalue weighted by Crippen LogP contribution is 2.63. The quantitative estimate of drug-likeness (QED) is 0.844. The van der Waals surface area contributed by atoms with Gasteiger partial charge < -0.3 is 14.6 Å². The maximum absolute atomic E-state index is 13.2. The highest BCUT2D eigenvalue weighted by atomic mass is 16.5. The van der Waals surface area contributed by atoms with Crippen LogP contribution in [-0.4, -0.2) is 34.9 Å². The molecular weight excluding hydrogens is 328 g/mol. The third-order valence-corrected chi connectivity index (χ3v) is 6.94. The summed E-state index contributed by atoms with van der Waals surface area (Å²) in [5.41, 5.74) is 2.27. The molecule has 5 rings (SSSR count). The number of benzene rings is 1. The molecule has 1 saturated carbocycles. The molecule has 5 heteroatoms. The Balaban J connectivity index is 1.79. The second kappa shape index (κ2) is 5.35. The van der Waals surface area contributed by atoms with Crippen molar-refractivity contribution >= 4 is 22.8 Å². The average molecular weight is 352 g/mol. The summed E-state index contributed by atoms with van der Waals surface area (Å²) in [6.45, 7) is 2.93. The Hall–Kier alpha value is -2.30. The van der Waals surface area contributed by atoms with Crippen LogP contribution >= 0.6 is 0 Å². The molecular formula is C21H24N2O3. The van der Waals surface area contributed by atoms with Gasteiger partial charge in [-0.2, -0.15) is 0 Å². The number of rotatable bonds is 2. The minimum atomic E-state index is -0.618. The Morgan fingerprint density at radius 3 is 2.92 bits per heavy atom. The molecule has 3 heterocycles. The first-order valence-corrected chi connectivity index (χ1v) is 9.72. The molecule has 2 fully saturated rings. The van der Waals surface area contributed by atoms with Crippen LogP contribution in [0.1, 0.15) is 50.3 Å². The minimum absolute atomic E-state index is 0.124. The monoisotopic (exact) mass is 352 g/mol. The van der Waals surface area contributed by atoms with E-state index >= 15 is 0 Å². The number of hydrogen-bond donors (Lipinski definition) is 1. The van der Waals surface area contributed by atoms with Gasteiger partial charge >= 0.3 is 5.97 Å². The predicted octanol–water partition coefficient (Wildman–Crippen LogP) is 3.28. The van der Waals surface area contributed by atoms with E-state index < -0.39 is 11.0 Å². The van der Waals surface area contributed by atoms with Crippen molar-refractivity contribution < 1.29 is 14.3 Å². The topological polar surface area (TPSA) is 62.4 Å². The first-order chi connectivity index (χ1) is 12.6. The fraction of sp³-hybridized carbons (Fsp3) is 0.524. The Bertz CT molecular complexity index is 917. The number of hydrogen-bond acceptors (Lipinski definition) is 3. The average Bonchev–Trinajstić information content (AvgIpc) is 3.22. The molecule has 2 aromatic rings. The summed E-state index contributed by atoms with van der Waals surface area (Å²) in [5.74, 6) is 0.0534. The second-order valence-electron chi connectivity index (χ2n) is 7.84. The first kappa shape index (κ1) is 15.9. The van der Waals surface area contributed by atoms with E-state index in [0.29, 0.717) is 26.0 Å². The van der Waals surface area contributed by atoms with Gasteiger partial charge in [0.1, 0.15) is 0 Å². The maximum Gasteiger partial charge on any atom is 0.314 e. The lowest BCUT2D eigenvalue weighted by Gasteiger charge is -2.56. The molecule has 0 bridgehead atoms. The maximum atomic E-state index is 13.2. The number of nitrogens with one attached hydrogen (secondary N) is 1. The van der Waals surface area contributed by atoms with Crippen LogP contribution in [0.3, 0.4) is 0 Å². The van der Waals surface area contributed by atoms with Crippen molar-refractivity contribution in [2.45, 2.75) is 51.0 Å². The number of nitrogens with zero attached hydrogens (tertiary/aromatic N) is 1. The molecule has 2 atom stereocenters. The van der Waals surface area contributed by atoms with E-state index in [1.807, 2.05) is 17.9 Å². The van der Waals surface area contributed by atoms with Gasteiger partial charge in [0.05, 0.1) is 17.6 Å². The van der Waals surface area contributed by atoms with Gasteiger partial charge in [0.25, 0.3) is 0 Å². The summed E-state index contributed by atoms with van der Waals surface area (Å²) < 4.78 is 5.56. The highest BCUT2D eigenvalue weighted by molar-refractivity contribution is 5.91. The molecule has 5 nitrogen and oxygen atoms in total. The Morgan fingerprint density at radius 1 is 1.23 bits per heavy atom. The largest absolute Gasteiger partial charge is 0.465 e. The number of para-hydroxylation sites is 1. The molecule has 3 aliphatic rings. The molecule has 1 saturated heterocycles. The molecule has 1 aromatic carbocycles. The normalized spacial score (nSPS) is 30.0. The third-order valence-electron chi connectivity index (χ3n) is 6.94. The van der Waals surface area contributed by atoms with Gasteiger partial charge in [0.15, 0.2) is 0 Å². The lowest BCUT2D eigenvalue weighted by molar-refractivity contribution is -0.179. The number of carbonyl (C=O) groups excluding carboxylic acids is 2. The number of fused-ring (bicyclic) bond motifs is 3. The number of piperidine rings is 1. The Kier molecular flexibility index (Phi) is 3.27. The van der Waals surface area contributed by atoms with E-state index in [0.717, 1.165) is 36.9 Å². The fourth-order valence-electron chi connectivity index (χ4n) is 5.98. The van der Waals surface area contributed by atoms with Crippen molar-refractivity contribution in [3.63, 3.8) is 0 Å². The van der Waals surface area contributed by atoms with Gasteiger partial charge in [-0.3, -0.25) is 9.59 Å². The summed E-state index contributed by atoms with van der Waals surface area (Å²) in [6.07, 6.45) is 4.44. The summed E-state index contributed by atoms with van der Waals surface area (Å²) in [5, 5.41) is 1.22. The number of aromatic nitrogens is 1. The highest BCUT2D eigenvalue weighted by Gasteiger charge is 2.68. The van der Waals surface area contributed by atoms with Crippen LogP contribution in [0.2, 0.25) is 0 Å². The lowest BCUT2D eigenvalue weighted by Crippen LogP contribution is -2.65. The van der Waals surface area contributed by atoms with E-state index in [9.17, 15) is 9.59 Å². The summed E-state index contributed by atoms with van der Waals surface area (Å²) in [7, 11) is 0. The number of H-pyrrole nitrogens is 1. The van der Waals surface area contributed by atoms with Crippen LogP contribution in [0.5, 0.6) is 0 Å². The summed E-state index contributed by atoms with van der Waals surface area (Å²) >= 11 is 0. The first-order valence-electron chi connectivity index (χ1n) is 9.72. The third kappa shape index (κ3) is 1.71. The van der Waals surface area contributed by atoms with Crippen molar-refractivity contribution in [2.24, 2.45) is 5.41 Å². The van der Waals surface area contributed by atoms with Crippen LogP contribution < -0.4 is 0 Å². The minimum Gasteiger partial charge on any atom is -0.465 e. The molecule has 1 spiro atoms. The number of esters is 1. The number of amides is 1. The van der Waals surface area contributed by atoms with Gasteiger partial charge in [-0.15, -0.1) is 0 Å². The van der Waals surface area contributed by atoms with E-state index in [1.54, 1.807) is 0 Å². The fourth-order valence-corrected chi connectivity index (χ4v) is 5.98. The smallest absolute Gasteiger partial charge is 0.314 e. The van der Waals surface area contributed by atoms with E-state index in [2.05, 4.69) is 23.2 Å².